The van der Waals surface area contributed by atoms with Crippen molar-refractivity contribution in [2.45, 2.75) is 226 Å². The molecule has 1 aromatic heterocycles. The summed E-state index contributed by atoms with van der Waals surface area (Å²) < 4.78 is 0. The van der Waals surface area contributed by atoms with Gasteiger partial charge in [-0.1, -0.05) is 110 Å². The van der Waals surface area contributed by atoms with E-state index in [0.717, 1.165) is 0 Å². The van der Waals surface area contributed by atoms with Crippen LogP contribution in [-0.2, 0) is 80.0 Å². The number of unbranched alkanes of at least 4 members (excludes halogenated alkanes) is 1. The van der Waals surface area contributed by atoms with E-state index in [4.69, 9.17) is 28.7 Å². The summed E-state index contributed by atoms with van der Waals surface area (Å²) in [5.74, 6) is -14.1. The molecule has 0 spiro atoms. The Morgan fingerprint density at radius 2 is 0.961 bits per heavy atom. The van der Waals surface area contributed by atoms with Crippen molar-refractivity contribution < 1.29 is 72.2 Å². The highest BCUT2D eigenvalue weighted by Gasteiger charge is 2.38. The first kappa shape index (κ1) is 87.0. The van der Waals surface area contributed by atoms with Gasteiger partial charge in [0.25, 0.3) is 0 Å². The molecule has 3 rings (SSSR count). The Bertz CT molecular complexity index is 3400. The van der Waals surface area contributed by atoms with Crippen LogP contribution in [0.5, 0.6) is 0 Å². The topological polar surface area (TPSA) is 550 Å². The van der Waals surface area contributed by atoms with Crippen molar-refractivity contribution in [1.29, 1.82) is 0 Å². The summed E-state index contributed by atoms with van der Waals surface area (Å²) in [7, 11) is 0. The summed E-state index contributed by atoms with van der Waals surface area (Å²) in [6.45, 7) is 16.9. The lowest BCUT2D eigenvalue weighted by Crippen LogP contribution is -2.62. The van der Waals surface area contributed by atoms with Crippen molar-refractivity contribution in [3.8, 4) is 0 Å². The molecule has 23 N–H and O–H groups in total. The average Bonchev–Trinajstić information content (AvgIpc) is 1.77. The number of rotatable bonds is 47. The van der Waals surface area contributed by atoms with Crippen LogP contribution in [0.1, 0.15) is 157 Å². The first-order valence-corrected chi connectivity index (χ1v) is 35.0. The minimum atomic E-state index is -1.71. The molecule has 0 saturated carbocycles. The molecule has 103 heavy (non-hydrogen) atoms. The number of carboxylic acids is 1. The second-order valence-electron chi connectivity index (χ2n) is 27.1. The number of aliphatic carboxylic acids is 1. The number of H-pyrrole nitrogens is 1. The third-order valence-electron chi connectivity index (χ3n) is 17.0. The predicted molar refractivity (Wildman–Crippen MR) is 385 cm³/mol. The number of nitrogens with zero attached hydrogens (tertiary/aromatic N) is 1. The Hall–Kier alpha value is -10.2. The van der Waals surface area contributed by atoms with Gasteiger partial charge in [-0.25, -0.2) is 0 Å². The van der Waals surface area contributed by atoms with Crippen molar-refractivity contribution in [2.75, 3.05) is 13.1 Å². The molecular weight excluding hydrogens is 1330 g/mol. The SMILES string of the molecule is CC[C@H](C)C(NC(=O)[C@H](Cc1ccccc1)NC(=O)[C@H](CC(C)C)NC(=O)[C@@H](CCCN=C(N)N)NC(=O)[C@@H](NC(C)=O)C(C)C)C(=O)N[C@@H](CCC(=O)O)C(=O)N[C@@H](Cc1c[nH]c2ccccc12)C(=O)N[C@@H](CCC(C)C)C(=O)N[C@@H](CCCCN)C(=O)N[C@@H](CC(N)=O)C(=O)N[C@H](C)C(N)=O. The Morgan fingerprint density at radius 1 is 0.485 bits per heavy atom. The minimum Gasteiger partial charge on any atom is -0.481 e. The number of para-hydroxylation sites is 1. The molecule has 33 heteroatoms. The van der Waals surface area contributed by atoms with Gasteiger partial charge in [0, 0.05) is 49.8 Å². The van der Waals surface area contributed by atoms with Gasteiger partial charge in [0.05, 0.1) is 6.42 Å². The van der Waals surface area contributed by atoms with Gasteiger partial charge < -0.3 is 97.2 Å². The monoisotopic (exact) mass is 1440 g/mol. The number of hydrogen-bond donors (Lipinski definition) is 18. The predicted octanol–water partition coefficient (Wildman–Crippen LogP) is -1.08. The summed E-state index contributed by atoms with van der Waals surface area (Å²) in [6.07, 6.45) is 0.708. The van der Waals surface area contributed by atoms with Crippen molar-refractivity contribution in [1.82, 2.24) is 63.5 Å². The Labute approximate surface area is 601 Å². The van der Waals surface area contributed by atoms with Gasteiger partial charge in [0.15, 0.2) is 5.96 Å². The van der Waals surface area contributed by atoms with Crippen molar-refractivity contribution in [2.24, 2.45) is 57.3 Å². The van der Waals surface area contributed by atoms with Crippen molar-refractivity contribution in [3.63, 3.8) is 0 Å². The maximum atomic E-state index is 15.0. The van der Waals surface area contributed by atoms with E-state index in [1.54, 1.807) is 102 Å². The fourth-order valence-corrected chi connectivity index (χ4v) is 11.0. The maximum absolute atomic E-state index is 15.0. The molecule has 1 heterocycles. The van der Waals surface area contributed by atoms with Crippen LogP contribution < -0.4 is 87.2 Å². The fourth-order valence-electron chi connectivity index (χ4n) is 11.0. The van der Waals surface area contributed by atoms with Crippen LogP contribution in [0.4, 0.5) is 0 Å². The fraction of sp³-hybridized carbons (Fsp3) is 0.586. The Kier molecular flexibility index (Phi) is 37.4. The van der Waals surface area contributed by atoms with E-state index in [2.05, 4.69) is 68.5 Å². The summed E-state index contributed by atoms with van der Waals surface area (Å²) in [4.78, 5) is 200. The van der Waals surface area contributed by atoms with Crippen LogP contribution in [0.25, 0.3) is 10.9 Å². The van der Waals surface area contributed by atoms with Crippen molar-refractivity contribution in [3.05, 3.63) is 71.9 Å². The van der Waals surface area contributed by atoms with E-state index in [9.17, 15) is 67.4 Å². The highest BCUT2D eigenvalue weighted by molar-refractivity contribution is 6.00. The van der Waals surface area contributed by atoms with Crippen LogP contribution in [0.2, 0.25) is 0 Å². The molecule has 0 saturated heterocycles. The minimum absolute atomic E-state index is 0.00652. The summed E-state index contributed by atoms with van der Waals surface area (Å²) in [5, 5.41) is 39.7. The summed E-state index contributed by atoms with van der Waals surface area (Å²) in [6, 6.07) is 0.167. The van der Waals surface area contributed by atoms with E-state index in [-0.39, 0.29) is 88.7 Å². The molecule has 12 atom stereocenters. The molecule has 3 aromatic rings. The summed E-state index contributed by atoms with van der Waals surface area (Å²) >= 11 is 0. The highest BCUT2D eigenvalue weighted by Crippen LogP contribution is 2.21. The van der Waals surface area contributed by atoms with Crippen LogP contribution >= 0.6 is 0 Å². The number of hydrogen-bond acceptors (Lipinski definition) is 16. The number of guanidine groups is 1. The standard InChI is InChI=1S/C70H110N18O15/c1-11-40(8)58(88-67(101)52(33-43-20-13-12-14-21-43)85-65(99)51(32-38(4)5)84-61(95)48(25-19-31-76-70(74)75)82-68(102)57(39(6)7)79-42(10)89)69(103)83-50(28-29-56(91)92)63(97)86-53(34-44-36-77-46-23-16-15-22-45(44)46)66(100)81-49(27-26-37(2)3)62(96)80-47(24-17-18-30-71)60(94)87-54(35-55(72)90)64(98)78-41(9)59(73)93/h12-16,20-23,36-41,47-54,57-58,77H,11,17-19,24-35,71H2,1-10H3,(H2,72,90)(H2,73,93)(H,78,98)(H,79,89)(H,80,96)(H,81,100)(H,82,102)(H,83,103)(H,84,95)(H,85,99)(H,86,97)(H,87,94)(H,88,101)(H,91,92)(H4,74,75,76)/t40-,41+,47-,48+,49-,50-,51-,52-,53-,54-,57-,58?/m0/s1. The zero-order valence-electron chi connectivity index (χ0n) is 60.7. The number of carbonyl (C=O) groups is 14. The number of benzene rings is 2. The molecule has 13 amide bonds. The average molecular weight is 1440 g/mol. The number of nitrogens with one attached hydrogen (secondary N) is 12. The number of amides is 13. The molecule has 0 aliphatic rings. The van der Waals surface area contributed by atoms with Gasteiger partial charge in [-0.2, -0.15) is 0 Å². The van der Waals surface area contributed by atoms with Crippen LogP contribution in [0.3, 0.4) is 0 Å². The number of primary amides is 2. The van der Waals surface area contributed by atoms with E-state index < -0.39 is 180 Å². The van der Waals surface area contributed by atoms with Gasteiger partial charge in [-0.3, -0.25) is 72.1 Å². The van der Waals surface area contributed by atoms with E-state index in [1.807, 2.05) is 13.8 Å². The van der Waals surface area contributed by atoms with Gasteiger partial charge in [0.2, 0.25) is 76.8 Å². The lowest BCUT2D eigenvalue weighted by Gasteiger charge is -2.30. The number of carbonyl (C=O) groups excluding carboxylic acids is 13. The maximum Gasteiger partial charge on any atom is 0.303 e. The largest absolute Gasteiger partial charge is 0.481 e. The Morgan fingerprint density at radius 3 is 1.49 bits per heavy atom. The van der Waals surface area contributed by atoms with Gasteiger partial charge >= 0.3 is 5.97 Å². The van der Waals surface area contributed by atoms with Gasteiger partial charge in [0.1, 0.15) is 66.5 Å². The third kappa shape index (κ3) is 31.3. The number of aromatic nitrogens is 1. The molecule has 33 nitrogen and oxygen atoms in total. The molecular formula is C70H110N18O15. The second-order valence-corrected chi connectivity index (χ2v) is 27.1. The quantitative estimate of drug-likeness (QED) is 0.0182. The third-order valence-corrected chi connectivity index (χ3v) is 17.0. The second kappa shape index (κ2) is 44.2. The van der Waals surface area contributed by atoms with Crippen molar-refractivity contribution >= 4 is 99.6 Å². The highest BCUT2D eigenvalue weighted by atomic mass is 16.4. The number of aromatic amines is 1. The number of carboxylic acid groups (broad SMARTS) is 1. The first-order chi connectivity index (χ1) is 48.5. The molecule has 1 unspecified atom stereocenters. The summed E-state index contributed by atoms with van der Waals surface area (Å²) in [5.41, 5.74) is 29.4. The van der Waals surface area contributed by atoms with E-state index in [1.165, 1.54) is 13.8 Å². The number of aliphatic imine (C=N–C) groups is 1. The lowest BCUT2D eigenvalue weighted by molar-refractivity contribution is -0.139. The van der Waals surface area contributed by atoms with Crippen LogP contribution in [0, 0.1) is 23.7 Å². The zero-order chi connectivity index (χ0) is 77.2. The normalized spacial score (nSPS) is 14.7. The molecule has 0 bridgehead atoms. The first-order valence-electron chi connectivity index (χ1n) is 35.0. The Balaban J connectivity index is 2.09. The molecule has 2 aromatic carbocycles. The van der Waals surface area contributed by atoms with Gasteiger partial charge in [-0.15, -0.1) is 0 Å². The van der Waals surface area contributed by atoms with Crippen LogP contribution in [0.15, 0.2) is 65.8 Å². The molecule has 0 aliphatic carbocycles. The van der Waals surface area contributed by atoms with Crippen LogP contribution in [-0.4, -0.2) is 178 Å². The van der Waals surface area contributed by atoms with E-state index in [0.29, 0.717) is 34.9 Å². The smallest absolute Gasteiger partial charge is 0.303 e. The molecule has 0 fully saturated rings. The molecule has 0 aliphatic heterocycles. The molecule has 570 valence electrons. The van der Waals surface area contributed by atoms with E-state index >= 15 is 4.79 Å². The number of nitrogens with two attached hydrogens (primary N) is 5. The molecule has 0 radical (unpaired) electrons. The van der Waals surface area contributed by atoms with Gasteiger partial charge in [-0.05, 0) is 112 Å². The zero-order valence-corrected chi connectivity index (χ0v) is 60.7. The lowest BCUT2D eigenvalue weighted by atomic mass is 9.96. The number of fused-ring (bicyclic) bond motifs is 1.